The van der Waals surface area contributed by atoms with Crippen LogP contribution in [0.5, 0.6) is 0 Å². The Hall–Kier alpha value is -1.44. The van der Waals surface area contributed by atoms with Gasteiger partial charge in [0.1, 0.15) is 0 Å². The SMILES string of the molecule is CC1(CNC(=O)C2CCCN(S(=O)(=O)Cc3ccccc3)C2)CCNCC1. The van der Waals surface area contributed by atoms with Crippen molar-refractivity contribution in [1.29, 1.82) is 0 Å². The zero-order valence-corrected chi connectivity index (χ0v) is 16.9. The molecule has 2 aliphatic heterocycles. The number of nitrogens with zero attached hydrogens (tertiary/aromatic N) is 1. The molecule has 0 aromatic heterocycles. The highest BCUT2D eigenvalue weighted by Gasteiger charge is 2.33. The Balaban J connectivity index is 1.55. The van der Waals surface area contributed by atoms with Gasteiger partial charge in [-0.05, 0) is 49.8 Å². The van der Waals surface area contributed by atoms with Crippen LogP contribution < -0.4 is 10.6 Å². The Morgan fingerprint density at radius 1 is 1.26 bits per heavy atom. The molecule has 0 saturated carbocycles. The highest BCUT2D eigenvalue weighted by atomic mass is 32.2. The summed E-state index contributed by atoms with van der Waals surface area (Å²) in [6.45, 7) is 5.65. The summed E-state index contributed by atoms with van der Waals surface area (Å²) in [5.41, 5.74) is 0.914. The first-order chi connectivity index (χ1) is 12.9. The third kappa shape index (κ3) is 5.53. The molecule has 150 valence electrons. The fourth-order valence-electron chi connectivity index (χ4n) is 3.94. The van der Waals surface area contributed by atoms with Crippen molar-refractivity contribution in [2.75, 3.05) is 32.7 Å². The van der Waals surface area contributed by atoms with Gasteiger partial charge in [-0.1, -0.05) is 37.3 Å². The van der Waals surface area contributed by atoms with Crippen LogP contribution in [0.1, 0.15) is 38.2 Å². The van der Waals surface area contributed by atoms with E-state index in [9.17, 15) is 13.2 Å². The minimum Gasteiger partial charge on any atom is -0.355 e. The number of benzene rings is 1. The molecule has 1 aromatic carbocycles. The summed E-state index contributed by atoms with van der Waals surface area (Å²) >= 11 is 0. The van der Waals surface area contributed by atoms with E-state index >= 15 is 0 Å². The van der Waals surface area contributed by atoms with Crippen LogP contribution in [0.15, 0.2) is 30.3 Å². The predicted molar refractivity (Wildman–Crippen MR) is 107 cm³/mol. The fourth-order valence-corrected chi connectivity index (χ4v) is 5.55. The number of sulfonamides is 1. The Labute approximate surface area is 162 Å². The molecule has 3 rings (SSSR count). The minimum atomic E-state index is -3.41. The standard InChI is InChI=1S/C20H31N3O3S/c1-20(9-11-21-12-10-20)16-22-19(24)18-8-5-13-23(14-18)27(25,26)15-17-6-3-2-4-7-17/h2-4,6-7,18,21H,5,8-16H2,1H3,(H,22,24). The van der Waals surface area contributed by atoms with Crippen LogP contribution in [0.4, 0.5) is 0 Å². The predicted octanol–water partition coefficient (Wildman–Crippen LogP) is 1.73. The van der Waals surface area contributed by atoms with Gasteiger partial charge in [0.25, 0.3) is 0 Å². The summed E-state index contributed by atoms with van der Waals surface area (Å²) in [7, 11) is -3.41. The molecule has 0 spiro atoms. The monoisotopic (exact) mass is 393 g/mol. The zero-order chi connectivity index (χ0) is 19.3. The maximum Gasteiger partial charge on any atom is 0.224 e. The highest BCUT2D eigenvalue weighted by molar-refractivity contribution is 7.88. The van der Waals surface area contributed by atoms with E-state index in [1.165, 1.54) is 4.31 Å². The van der Waals surface area contributed by atoms with Crippen LogP contribution in [-0.4, -0.2) is 51.4 Å². The average molecular weight is 394 g/mol. The molecular weight excluding hydrogens is 362 g/mol. The van der Waals surface area contributed by atoms with Gasteiger partial charge in [0.05, 0.1) is 11.7 Å². The lowest BCUT2D eigenvalue weighted by atomic mass is 9.81. The maximum absolute atomic E-state index is 12.8. The van der Waals surface area contributed by atoms with Gasteiger partial charge < -0.3 is 10.6 Å². The summed E-state index contributed by atoms with van der Waals surface area (Å²) in [6.07, 6.45) is 3.58. The van der Waals surface area contributed by atoms with Crippen LogP contribution in [0.25, 0.3) is 0 Å². The van der Waals surface area contributed by atoms with Crippen molar-refractivity contribution in [3.05, 3.63) is 35.9 Å². The average Bonchev–Trinajstić information content (AvgIpc) is 2.67. The highest BCUT2D eigenvalue weighted by Crippen LogP contribution is 2.27. The lowest BCUT2D eigenvalue weighted by Gasteiger charge is -2.35. The van der Waals surface area contributed by atoms with Crippen LogP contribution >= 0.6 is 0 Å². The molecule has 2 heterocycles. The first-order valence-corrected chi connectivity index (χ1v) is 11.5. The van der Waals surface area contributed by atoms with Gasteiger partial charge in [-0.3, -0.25) is 4.79 Å². The normalized spacial score (nSPS) is 23.7. The molecular formula is C20H31N3O3S. The lowest BCUT2D eigenvalue weighted by Crippen LogP contribution is -2.48. The molecule has 0 bridgehead atoms. The molecule has 27 heavy (non-hydrogen) atoms. The number of amides is 1. The topological polar surface area (TPSA) is 78.5 Å². The number of hydrogen-bond donors (Lipinski definition) is 2. The van der Waals surface area contributed by atoms with E-state index in [1.807, 2.05) is 30.3 Å². The molecule has 2 aliphatic rings. The number of hydrogen-bond acceptors (Lipinski definition) is 4. The molecule has 0 radical (unpaired) electrons. The van der Waals surface area contributed by atoms with Crippen molar-refractivity contribution in [3.8, 4) is 0 Å². The molecule has 1 atom stereocenters. The second-order valence-electron chi connectivity index (χ2n) is 8.22. The van der Waals surface area contributed by atoms with E-state index in [1.54, 1.807) is 0 Å². The van der Waals surface area contributed by atoms with Crippen LogP contribution in [0, 0.1) is 11.3 Å². The van der Waals surface area contributed by atoms with E-state index in [2.05, 4.69) is 17.6 Å². The summed E-state index contributed by atoms with van der Waals surface area (Å²) < 4.78 is 27.0. The van der Waals surface area contributed by atoms with Crippen molar-refractivity contribution >= 4 is 15.9 Å². The Morgan fingerprint density at radius 2 is 1.96 bits per heavy atom. The number of nitrogens with one attached hydrogen (secondary N) is 2. The minimum absolute atomic E-state index is 0.00521. The summed E-state index contributed by atoms with van der Waals surface area (Å²) in [4.78, 5) is 12.7. The summed E-state index contributed by atoms with van der Waals surface area (Å²) in [5.74, 6) is -0.267. The first kappa shape index (κ1) is 20.3. The molecule has 6 nitrogen and oxygen atoms in total. The Bertz CT molecular complexity index is 730. The second kappa shape index (κ2) is 8.71. The van der Waals surface area contributed by atoms with Crippen molar-refractivity contribution in [2.45, 2.75) is 38.4 Å². The number of carbonyl (C=O) groups excluding carboxylic acids is 1. The maximum atomic E-state index is 12.8. The molecule has 1 aromatic rings. The van der Waals surface area contributed by atoms with Crippen molar-refractivity contribution in [1.82, 2.24) is 14.9 Å². The van der Waals surface area contributed by atoms with Crippen molar-refractivity contribution in [3.63, 3.8) is 0 Å². The molecule has 2 fully saturated rings. The van der Waals surface area contributed by atoms with Gasteiger partial charge >= 0.3 is 0 Å². The van der Waals surface area contributed by atoms with Gasteiger partial charge in [0.2, 0.25) is 15.9 Å². The van der Waals surface area contributed by atoms with Gasteiger partial charge in [-0.25, -0.2) is 12.7 Å². The zero-order valence-electron chi connectivity index (χ0n) is 16.1. The molecule has 1 unspecified atom stereocenters. The number of carbonyl (C=O) groups is 1. The Morgan fingerprint density at radius 3 is 2.67 bits per heavy atom. The fraction of sp³-hybridized carbons (Fsp3) is 0.650. The van der Waals surface area contributed by atoms with E-state index in [0.29, 0.717) is 19.6 Å². The quantitative estimate of drug-likeness (QED) is 0.772. The molecule has 2 N–H and O–H groups in total. The molecule has 7 heteroatoms. The van der Waals surface area contributed by atoms with Crippen molar-refractivity contribution in [2.24, 2.45) is 11.3 Å². The summed E-state index contributed by atoms with van der Waals surface area (Å²) in [6, 6.07) is 9.22. The number of piperidine rings is 2. The van der Waals surface area contributed by atoms with E-state index < -0.39 is 10.0 Å². The number of rotatable bonds is 6. The van der Waals surface area contributed by atoms with Gasteiger partial charge in [0.15, 0.2) is 0 Å². The van der Waals surface area contributed by atoms with Crippen LogP contribution in [0.3, 0.4) is 0 Å². The van der Waals surface area contributed by atoms with E-state index in [0.717, 1.165) is 44.3 Å². The lowest BCUT2D eigenvalue weighted by molar-refractivity contribution is -0.126. The third-order valence-electron chi connectivity index (χ3n) is 5.84. The molecule has 1 amide bonds. The largest absolute Gasteiger partial charge is 0.355 e. The third-order valence-corrected chi connectivity index (χ3v) is 7.66. The first-order valence-electron chi connectivity index (χ1n) is 9.88. The van der Waals surface area contributed by atoms with Crippen molar-refractivity contribution < 1.29 is 13.2 Å². The molecule has 2 saturated heterocycles. The van der Waals surface area contributed by atoms with Gasteiger partial charge in [-0.2, -0.15) is 0 Å². The van der Waals surface area contributed by atoms with Gasteiger partial charge in [0, 0.05) is 19.6 Å². The van der Waals surface area contributed by atoms with E-state index in [-0.39, 0.29) is 23.0 Å². The summed E-state index contributed by atoms with van der Waals surface area (Å²) in [5, 5.41) is 6.44. The van der Waals surface area contributed by atoms with E-state index in [4.69, 9.17) is 0 Å². The second-order valence-corrected chi connectivity index (χ2v) is 10.2. The smallest absolute Gasteiger partial charge is 0.224 e. The van der Waals surface area contributed by atoms with Gasteiger partial charge in [-0.15, -0.1) is 0 Å². The van der Waals surface area contributed by atoms with Crippen LogP contribution in [0.2, 0.25) is 0 Å². The molecule has 0 aliphatic carbocycles. The Kier molecular flexibility index (Phi) is 6.55. The van der Waals surface area contributed by atoms with Crippen LogP contribution in [-0.2, 0) is 20.6 Å².